The third kappa shape index (κ3) is 4.31. The van der Waals surface area contributed by atoms with E-state index in [0.717, 1.165) is 52.1 Å². The number of nitrogens with zero attached hydrogens (tertiary/aromatic N) is 4. The van der Waals surface area contributed by atoms with Crippen molar-refractivity contribution in [3.8, 4) is 0 Å². The number of rotatable bonds is 4. The maximum absolute atomic E-state index is 12.3. The molecule has 0 atom stereocenters. The molecule has 0 unspecified atom stereocenters. The number of piperazine rings is 1. The van der Waals surface area contributed by atoms with Crippen molar-refractivity contribution >= 4 is 28.4 Å². The van der Waals surface area contributed by atoms with E-state index in [4.69, 9.17) is 11.6 Å². The van der Waals surface area contributed by atoms with Crippen LogP contribution >= 0.6 is 11.6 Å². The van der Waals surface area contributed by atoms with Gasteiger partial charge in [0.25, 0.3) is 5.56 Å². The highest BCUT2D eigenvalue weighted by atomic mass is 35.5. The number of amides is 1. The minimum absolute atomic E-state index is 0.137. The van der Waals surface area contributed by atoms with E-state index in [0.29, 0.717) is 34.8 Å². The topological polar surface area (TPSA) is 72.5 Å². The Bertz CT molecular complexity index is 885. The Hall–Kier alpha value is -1.96. The number of nitrogens with one attached hydrogen (secondary N) is 1. The van der Waals surface area contributed by atoms with Gasteiger partial charge in [0, 0.05) is 44.3 Å². The zero-order valence-electron chi connectivity index (χ0n) is 15.3. The van der Waals surface area contributed by atoms with Gasteiger partial charge in [0.2, 0.25) is 5.91 Å². The first-order valence-corrected chi connectivity index (χ1v) is 9.87. The fraction of sp³-hybridized carbons (Fsp3) is 0.526. The van der Waals surface area contributed by atoms with Crippen LogP contribution in [-0.2, 0) is 11.3 Å². The molecule has 0 bridgehead atoms. The van der Waals surface area contributed by atoms with Crippen molar-refractivity contribution in [2.24, 2.45) is 0 Å². The molecule has 2 saturated heterocycles. The largest absolute Gasteiger partial charge is 0.342 e. The molecule has 0 saturated carbocycles. The minimum Gasteiger partial charge on any atom is -0.342 e. The predicted octanol–water partition coefficient (Wildman–Crippen LogP) is 1.32. The summed E-state index contributed by atoms with van der Waals surface area (Å²) in [5, 5.41) is 1.12. The van der Waals surface area contributed by atoms with Crippen LogP contribution in [-0.4, -0.2) is 76.4 Å². The van der Waals surface area contributed by atoms with E-state index in [2.05, 4.69) is 19.8 Å². The van der Waals surface area contributed by atoms with Crippen LogP contribution < -0.4 is 5.56 Å². The fourth-order valence-electron chi connectivity index (χ4n) is 3.81. The predicted molar refractivity (Wildman–Crippen MR) is 105 cm³/mol. The molecule has 2 aliphatic rings. The van der Waals surface area contributed by atoms with E-state index in [1.165, 1.54) is 0 Å². The monoisotopic (exact) mass is 389 g/mol. The fourth-order valence-corrected chi connectivity index (χ4v) is 3.98. The van der Waals surface area contributed by atoms with E-state index in [1.807, 2.05) is 4.90 Å². The first-order chi connectivity index (χ1) is 13.1. The van der Waals surface area contributed by atoms with Gasteiger partial charge in [-0.3, -0.25) is 19.4 Å². The van der Waals surface area contributed by atoms with Gasteiger partial charge in [-0.2, -0.15) is 0 Å². The second-order valence-electron chi connectivity index (χ2n) is 7.31. The van der Waals surface area contributed by atoms with E-state index in [1.54, 1.807) is 18.2 Å². The average molecular weight is 390 g/mol. The zero-order chi connectivity index (χ0) is 18.8. The molecule has 1 aromatic heterocycles. The van der Waals surface area contributed by atoms with Crippen molar-refractivity contribution in [3.63, 3.8) is 0 Å². The van der Waals surface area contributed by atoms with Gasteiger partial charge in [-0.15, -0.1) is 0 Å². The molecule has 1 N–H and O–H groups in total. The molecule has 7 nitrogen and oxygen atoms in total. The lowest BCUT2D eigenvalue weighted by atomic mass is 10.2. The Balaban J connectivity index is 1.34. The van der Waals surface area contributed by atoms with Gasteiger partial charge in [0.05, 0.1) is 24.0 Å². The number of carbonyl (C=O) groups excluding carboxylic acids is 1. The normalized spacial score (nSPS) is 19.1. The van der Waals surface area contributed by atoms with Crippen LogP contribution in [0.15, 0.2) is 23.0 Å². The van der Waals surface area contributed by atoms with Crippen molar-refractivity contribution in [1.82, 2.24) is 24.7 Å². The number of carbonyl (C=O) groups is 1. The molecule has 0 spiro atoms. The second-order valence-corrected chi connectivity index (χ2v) is 7.75. The van der Waals surface area contributed by atoms with Gasteiger partial charge < -0.3 is 9.88 Å². The summed E-state index contributed by atoms with van der Waals surface area (Å²) in [5.74, 6) is 0.898. The number of aromatic nitrogens is 2. The summed E-state index contributed by atoms with van der Waals surface area (Å²) in [6, 6.07) is 5.12. The van der Waals surface area contributed by atoms with Gasteiger partial charge in [0.1, 0.15) is 5.82 Å². The molecule has 2 aromatic rings. The number of likely N-dealkylation sites (tertiary alicyclic amines) is 1. The lowest BCUT2D eigenvalue weighted by Gasteiger charge is -2.34. The van der Waals surface area contributed by atoms with Crippen LogP contribution in [0.1, 0.15) is 18.7 Å². The number of aromatic amines is 1. The molecule has 4 rings (SSSR count). The highest BCUT2D eigenvalue weighted by Gasteiger charge is 2.23. The molecule has 0 radical (unpaired) electrons. The number of hydrogen-bond donors (Lipinski definition) is 1. The Morgan fingerprint density at radius 3 is 2.52 bits per heavy atom. The van der Waals surface area contributed by atoms with E-state index in [9.17, 15) is 9.59 Å². The van der Waals surface area contributed by atoms with Crippen molar-refractivity contribution in [2.45, 2.75) is 19.4 Å². The summed E-state index contributed by atoms with van der Waals surface area (Å²) in [4.78, 5) is 38.4. The first-order valence-electron chi connectivity index (χ1n) is 9.49. The van der Waals surface area contributed by atoms with Crippen LogP contribution in [0.5, 0.6) is 0 Å². The van der Waals surface area contributed by atoms with Crippen LogP contribution in [0.2, 0.25) is 5.02 Å². The van der Waals surface area contributed by atoms with Crippen molar-refractivity contribution in [1.29, 1.82) is 0 Å². The molecular weight excluding hydrogens is 366 g/mol. The number of H-pyrrole nitrogens is 1. The van der Waals surface area contributed by atoms with Crippen LogP contribution in [0.25, 0.3) is 10.9 Å². The Labute approximate surface area is 162 Å². The van der Waals surface area contributed by atoms with E-state index in [-0.39, 0.29) is 11.5 Å². The maximum atomic E-state index is 12.3. The van der Waals surface area contributed by atoms with E-state index < -0.39 is 0 Å². The second kappa shape index (κ2) is 7.96. The van der Waals surface area contributed by atoms with Gasteiger partial charge in [0.15, 0.2) is 0 Å². The summed E-state index contributed by atoms with van der Waals surface area (Å²) in [6.45, 7) is 6.32. The van der Waals surface area contributed by atoms with Crippen LogP contribution in [0.3, 0.4) is 0 Å². The molecule has 27 heavy (non-hydrogen) atoms. The van der Waals surface area contributed by atoms with Gasteiger partial charge in [-0.25, -0.2) is 4.98 Å². The maximum Gasteiger partial charge on any atom is 0.258 e. The standard InChI is InChI=1S/C19H24ClN5O2/c20-14-3-4-15-16(11-14)21-17(22-19(15)27)12-23-7-9-24(10-8-23)13-18(26)25-5-1-2-6-25/h3-4,11H,1-2,5-10,12-13H2,(H,21,22,27). The SMILES string of the molecule is O=C(CN1CCN(Cc2nc3cc(Cl)ccc3c(=O)[nH]2)CC1)N1CCCC1. The number of fused-ring (bicyclic) bond motifs is 1. The Morgan fingerprint density at radius 1 is 1.07 bits per heavy atom. The molecule has 2 fully saturated rings. The Morgan fingerprint density at radius 2 is 1.78 bits per heavy atom. The highest BCUT2D eigenvalue weighted by Crippen LogP contribution is 2.15. The van der Waals surface area contributed by atoms with E-state index >= 15 is 0 Å². The summed E-state index contributed by atoms with van der Waals surface area (Å²) in [6.07, 6.45) is 2.25. The van der Waals surface area contributed by atoms with Crippen molar-refractivity contribution in [3.05, 3.63) is 39.4 Å². The van der Waals surface area contributed by atoms with Gasteiger partial charge >= 0.3 is 0 Å². The van der Waals surface area contributed by atoms with Crippen molar-refractivity contribution in [2.75, 3.05) is 45.8 Å². The minimum atomic E-state index is -0.137. The molecule has 8 heteroatoms. The molecule has 0 aliphatic carbocycles. The molecular formula is C19H24ClN5O2. The van der Waals surface area contributed by atoms with Gasteiger partial charge in [-0.05, 0) is 31.0 Å². The lowest BCUT2D eigenvalue weighted by Crippen LogP contribution is -2.49. The van der Waals surface area contributed by atoms with Crippen LogP contribution in [0.4, 0.5) is 0 Å². The molecule has 144 valence electrons. The third-order valence-electron chi connectivity index (χ3n) is 5.37. The summed E-state index contributed by atoms with van der Waals surface area (Å²) in [5.41, 5.74) is 0.484. The van der Waals surface area contributed by atoms with Gasteiger partial charge in [-0.1, -0.05) is 11.6 Å². The lowest BCUT2D eigenvalue weighted by molar-refractivity contribution is -0.131. The average Bonchev–Trinajstić information content (AvgIpc) is 3.18. The Kier molecular flexibility index (Phi) is 5.43. The zero-order valence-corrected chi connectivity index (χ0v) is 16.0. The first kappa shape index (κ1) is 18.4. The quantitative estimate of drug-likeness (QED) is 0.853. The highest BCUT2D eigenvalue weighted by molar-refractivity contribution is 6.31. The third-order valence-corrected chi connectivity index (χ3v) is 5.61. The number of benzene rings is 1. The molecule has 1 aromatic carbocycles. The summed E-state index contributed by atoms with van der Waals surface area (Å²) < 4.78 is 0. The summed E-state index contributed by atoms with van der Waals surface area (Å²) >= 11 is 6.02. The summed E-state index contributed by atoms with van der Waals surface area (Å²) in [7, 11) is 0. The van der Waals surface area contributed by atoms with Crippen molar-refractivity contribution < 1.29 is 4.79 Å². The van der Waals surface area contributed by atoms with Crippen LogP contribution in [0, 0.1) is 0 Å². The number of hydrogen-bond acceptors (Lipinski definition) is 5. The smallest absolute Gasteiger partial charge is 0.258 e. The molecule has 1 amide bonds. The number of halogens is 1. The molecule has 2 aliphatic heterocycles. The molecule has 3 heterocycles.